The van der Waals surface area contributed by atoms with E-state index in [0.29, 0.717) is 11.3 Å². The molecule has 3 N–H and O–H groups in total. The van der Waals surface area contributed by atoms with Gasteiger partial charge in [-0.15, -0.1) is 11.3 Å². The van der Waals surface area contributed by atoms with Crippen molar-refractivity contribution in [2.75, 3.05) is 5.32 Å². The van der Waals surface area contributed by atoms with Crippen LogP contribution in [0.5, 0.6) is 0 Å². The Morgan fingerprint density at radius 3 is 2.53 bits per heavy atom. The van der Waals surface area contributed by atoms with Gasteiger partial charge in [0.15, 0.2) is 5.02 Å². The Morgan fingerprint density at radius 1 is 1.31 bits per heavy atom. The molecule has 0 fully saturated rings. The summed E-state index contributed by atoms with van der Waals surface area (Å²) in [6.07, 6.45) is -1.29. The van der Waals surface area contributed by atoms with Crippen molar-refractivity contribution >= 4 is 56.5 Å². The van der Waals surface area contributed by atoms with Gasteiger partial charge in [0, 0.05) is 24.2 Å². The smallest absolute Gasteiger partial charge is 0.365 e. The second-order valence-electron chi connectivity index (χ2n) is 7.73. The number of alkyl halides is 2. The maximum Gasteiger partial charge on any atom is 0.408 e. The summed E-state index contributed by atoms with van der Waals surface area (Å²) >= 11 is 6.69. The molecule has 0 bridgehead atoms. The Hall–Kier alpha value is -3.98. The van der Waals surface area contributed by atoms with E-state index >= 15 is 0 Å². The van der Waals surface area contributed by atoms with Crippen LogP contribution in [0.25, 0.3) is 21.3 Å². The van der Waals surface area contributed by atoms with E-state index in [2.05, 4.69) is 20.5 Å². The fourth-order valence-electron chi connectivity index (χ4n) is 3.69. The number of amides is 2. The molecule has 16 heteroatoms. The first kappa shape index (κ1) is 25.1. The van der Waals surface area contributed by atoms with Crippen LogP contribution in [0.15, 0.2) is 12.3 Å². The van der Waals surface area contributed by atoms with Crippen LogP contribution in [0, 0.1) is 24.0 Å². The van der Waals surface area contributed by atoms with Gasteiger partial charge in [-0.3, -0.25) is 14.3 Å². The number of halogens is 3. The number of nitrogens with two attached hydrogens (primary N) is 1. The van der Waals surface area contributed by atoms with Crippen molar-refractivity contribution in [3.8, 4) is 11.1 Å². The van der Waals surface area contributed by atoms with Crippen LogP contribution in [0.1, 0.15) is 33.2 Å². The monoisotopic (exact) mass is 538 g/mol. The lowest BCUT2D eigenvalue weighted by Gasteiger charge is -2.10. The molecule has 0 saturated heterocycles. The van der Waals surface area contributed by atoms with Crippen LogP contribution >= 0.6 is 22.9 Å². The molecule has 12 nitrogen and oxygen atoms in total. The van der Waals surface area contributed by atoms with Gasteiger partial charge in [-0.1, -0.05) is 11.6 Å². The highest BCUT2D eigenvalue weighted by molar-refractivity contribution is 7.21. The maximum atomic E-state index is 13.6. The van der Waals surface area contributed by atoms with Gasteiger partial charge in [0.2, 0.25) is 5.91 Å². The maximum absolute atomic E-state index is 13.6. The number of nitrogens with one attached hydrogen (secondary N) is 1. The number of nitrogens with zero attached hydrogens (tertiary/aromatic N) is 6. The lowest BCUT2D eigenvalue weighted by Crippen LogP contribution is -2.22. The number of anilines is 1. The van der Waals surface area contributed by atoms with Crippen molar-refractivity contribution < 1.29 is 23.3 Å². The van der Waals surface area contributed by atoms with E-state index in [1.54, 1.807) is 20.2 Å². The summed E-state index contributed by atoms with van der Waals surface area (Å²) in [5.41, 5.74) is 6.44. The summed E-state index contributed by atoms with van der Waals surface area (Å²) in [4.78, 5) is 39.4. The molecule has 4 heterocycles. The molecule has 0 aliphatic heterocycles. The molecule has 0 atom stereocenters. The standard InChI is InChI=1S/C20H17ClF2N8O4S/c1-7-10(5-29(3)27-7)9-4-11(17(22)23)25-20-13(9)15(16(36-20)18(24)33)26-12(32)6-30-8(2)14(21)19(28-30)31(34)35/h4-5,17H,6H2,1-3H3,(H2,24,33)(H,26,32). The number of hydrogen-bond acceptors (Lipinski definition) is 8. The SMILES string of the molecule is Cc1nn(C)cc1-c1cc(C(F)F)nc2sc(C(N)=O)c(NC(=O)Cn3nc([N+](=O)[O-])c(Cl)c3C)c12. The van der Waals surface area contributed by atoms with Gasteiger partial charge in [-0.05, 0) is 30.4 Å². The molecule has 188 valence electrons. The Labute approximate surface area is 209 Å². The first-order valence-electron chi connectivity index (χ1n) is 10.1. The van der Waals surface area contributed by atoms with Crippen molar-refractivity contribution in [3.63, 3.8) is 0 Å². The summed E-state index contributed by atoms with van der Waals surface area (Å²) in [5, 5.41) is 21.7. The molecule has 0 saturated carbocycles. The van der Waals surface area contributed by atoms with Gasteiger partial charge in [0.05, 0.1) is 22.2 Å². The van der Waals surface area contributed by atoms with E-state index in [4.69, 9.17) is 17.3 Å². The second-order valence-corrected chi connectivity index (χ2v) is 9.11. The topological polar surface area (TPSA) is 164 Å². The Bertz CT molecular complexity index is 1560. The lowest BCUT2D eigenvalue weighted by atomic mass is 10.0. The summed E-state index contributed by atoms with van der Waals surface area (Å²) in [7, 11) is 1.66. The summed E-state index contributed by atoms with van der Waals surface area (Å²) in [5.74, 6) is -2.24. The normalized spacial score (nSPS) is 11.4. The number of nitro groups is 1. The number of hydrogen-bond donors (Lipinski definition) is 2. The second kappa shape index (κ2) is 9.23. The highest BCUT2D eigenvalue weighted by Gasteiger charge is 2.28. The number of aryl methyl sites for hydroxylation is 2. The number of carbonyl (C=O) groups is 2. The fourth-order valence-corrected chi connectivity index (χ4v) is 4.91. The molecule has 0 spiro atoms. The van der Waals surface area contributed by atoms with Crippen molar-refractivity contribution in [3.05, 3.63) is 49.4 Å². The predicted octanol–water partition coefficient (Wildman–Crippen LogP) is 3.75. The number of aromatic nitrogens is 5. The number of rotatable bonds is 7. The number of carbonyl (C=O) groups excluding carboxylic acids is 2. The number of primary amides is 1. The third-order valence-electron chi connectivity index (χ3n) is 5.28. The third kappa shape index (κ3) is 4.37. The minimum Gasteiger partial charge on any atom is -0.365 e. The summed E-state index contributed by atoms with van der Waals surface area (Å²) in [6.45, 7) is 2.64. The van der Waals surface area contributed by atoms with E-state index in [1.807, 2.05) is 0 Å². The molecular formula is C20H17ClF2N8O4S. The van der Waals surface area contributed by atoms with Crippen LogP contribution in [0.2, 0.25) is 5.02 Å². The fraction of sp³-hybridized carbons (Fsp3) is 0.250. The van der Waals surface area contributed by atoms with Gasteiger partial charge < -0.3 is 21.2 Å². The Balaban J connectivity index is 1.86. The van der Waals surface area contributed by atoms with Crippen LogP contribution < -0.4 is 11.1 Å². The minimum atomic E-state index is -2.90. The molecule has 4 aromatic heterocycles. The van der Waals surface area contributed by atoms with E-state index < -0.39 is 41.2 Å². The summed E-state index contributed by atoms with van der Waals surface area (Å²) in [6, 6.07) is 1.17. The van der Waals surface area contributed by atoms with Crippen molar-refractivity contribution in [2.45, 2.75) is 26.8 Å². The van der Waals surface area contributed by atoms with E-state index in [1.165, 1.54) is 17.7 Å². The summed E-state index contributed by atoms with van der Waals surface area (Å²) < 4.78 is 29.8. The zero-order valence-corrected chi connectivity index (χ0v) is 20.4. The predicted molar refractivity (Wildman–Crippen MR) is 127 cm³/mol. The molecule has 0 aliphatic carbocycles. The first-order valence-corrected chi connectivity index (χ1v) is 11.3. The molecule has 2 amide bonds. The minimum absolute atomic E-state index is 0.0236. The molecule has 0 aromatic carbocycles. The first-order chi connectivity index (χ1) is 16.9. The Morgan fingerprint density at radius 2 is 2.00 bits per heavy atom. The molecule has 36 heavy (non-hydrogen) atoms. The van der Waals surface area contributed by atoms with Gasteiger partial charge >= 0.3 is 5.82 Å². The highest BCUT2D eigenvalue weighted by atomic mass is 35.5. The Kier molecular flexibility index (Phi) is 6.44. The van der Waals surface area contributed by atoms with Gasteiger partial charge in [-0.2, -0.15) is 9.78 Å². The number of pyridine rings is 1. The molecular weight excluding hydrogens is 522 g/mol. The van der Waals surface area contributed by atoms with Gasteiger partial charge in [0.25, 0.3) is 12.3 Å². The van der Waals surface area contributed by atoms with Crippen molar-refractivity contribution in [2.24, 2.45) is 12.8 Å². The molecule has 0 aliphatic rings. The van der Waals surface area contributed by atoms with Crippen molar-refractivity contribution in [1.82, 2.24) is 24.5 Å². The highest BCUT2D eigenvalue weighted by Crippen LogP contribution is 2.43. The van der Waals surface area contributed by atoms with Gasteiger partial charge in [-0.25, -0.2) is 13.8 Å². The van der Waals surface area contributed by atoms with Crippen LogP contribution in [0.4, 0.5) is 20.3 Å². The van der Waals surface area contributed by atoms with Crippen molar-refractivity contribution in [1.29, 1.82) is 0 Å². The van der Waals surface area contributed by atoms with Crippen LogP contribution in [-0.2, 0) is 18.4 Å². The van der Waals surface area contributed by atoms with Crippen LogP contribution in [0.3, 0.4) is 0 Å². The molecule has 0 unspecified atom stereocenters. The van der Waals surface area contributed by atoms with E-state index in [0.717, 1.165) is 16.0 Å². The van der Waals surface area contributed by atoms with E-state index in [9.17, 15) is 28.5 Å². The average molecular weight is 539 g/mol. The largest absolute Gasteiger partial charge is 0.408 e. The van der Waals surface area contributed by atoms with Crippen LogP contribution in [-0.4, -0.2) is 41.3 Å². The molecule has 0 radical (unpaired) electrons. The molecule has 4 aromatic rings. The molecule has 4 rings (SSSR count). The lowest BCUT2D eigenvalue weighted by molar-refractivity contribution is -0.389. The number of fused-ring (bicyclic) bond motifs is 1. The third-order valence-corrected chi connectivity index (χ3v) is 6.82. The average Bonchev–Trinajstić information content (AvgIpc) is 3.42. The number of thiophene rings is 1. The zero-order chi connectivity index (χ0) is 26.5. The van der Waals surface area contributed by atoms with E-state index in [-0.39, 0.29) is 37.1 Å². The quantitative estimate of drug-likeness (QED) is 0.267. The zero-order valence-electron chi connectivity index (χ0n) is 18.9. The van der Waals surface area contributed by atoms with Gasteiger partial charge in [0.1, 0.15) is 21.9 Å².